The first-order valence-corrected chi connectivity index (χ1v) is 11.9. The summed E-state index contributed by atoms with van der Waals surface area (Å²) < 4.78 is 90.5. The largest absolute Gasteiger partial charge is 0.417 e. The van der Waals surface area contributed by atoms with Crippen molar-refractivity contribution >= 4 is 36.7 Å². The second-order valence-corrected chi connectivity index (χ2v) is 10.4. The maximum Gasteiger partial charge on any atom is 0.417 e. The van der Waals surface area contributed by atoms with Gasteiger partial charge in [0.1, 0.15) is 11.2 Å². The third-order valence-corrected chi connectivity index (χ3v) is 6.47. The number of hydrogen-bond donors (Lipinski definition) is 1. The molecule has 162 valence electrons. The molecule has 0 bridgehead atoms. The van der Waals surface area contributed by atoms with Crippen molar-refractivity contribution in [1.82, 2.24) is 19.5 Å². The van der Waals surface area contributed by atoms with Crippen molar-refractivity contribution in [2.75, 3.05) is 16.7 Å². The van der Waals surface area contributed by atoms with Gasteiger partial charge in [-0.15, -0.1) is 0 Å². The van der Waals surface area contributed by atoms with Crippen molar-refractivity contribution < 1.29 is 30.0 Å². The maximum absolute atomic E-state index is 13.0. The average Bonchev–Trinajstić information content (AvgIpc) is 2.96. The van der Waals surface area contributed by atoms with Crippen molar-refractivity contribution in [3.8, 4) is 11.5 Å². The summed E-state index contributed by atoms with van der Waals surface area (Å²) in [5, 5.41) is 0. The number of nitrogens with zero attached hydrogens (tertiary/aromatic N) is 4. The molecule has 3 heterocycles. The molecule has 3 aromatic heterocycles. The second kappa shape index (κ2) is 7.19. The van der Waals surface area contributed by atoms with Crippen LogP contribution in [0.15, 0.2) is 29.4 Å². The maximum atomic E-state index is 13.0. The Kier molecular flexibility index (Phi) is 5.27. The zero-order valence-corrected chi connectivity index (χ0v) is 17.5. The number of aromatic nitrogens is 4. The summed E-state index contributed by atoms with van der Waals surface area (Å²) in [6.07, 6.45) is -1.97. The average molecular weight is 463 g/mol. The molecule has 0 aliphatic rings. The predicted octanol–water partition coefficient (Wildman–Crippen LogP) is 2.21. The molecule has 0 saturated heterocycles. The van der Waals surface area contributed by atoms with Gasteiger partial charge in [0, 0.05) is 13.2 Å². The number of halogens is 3. The fraction of sp³-hybridized carbons (Fsp3) is 0.312. The van der Waals surface area contributed by atoms with Crippen LogP contribution in [0.2, 0.25) is 0 Å². The van der Waals surface area contributed by atoms with E-state index in [0.29, 0.717) is 6.20 Å². The van der Waals surface area contributed by atoms with Gasteiger partial charge in [-0.05, 0) is 12.1 Å². The lowest BCUT2D eigenvalue weighted by atomic mass is 10.2. The monoisotopic (exact) mass is 463 g/mol. The summed E-state index contributed by atoms with van der Waals surface area (Å²) in [4.78, 5) is 11.6. The zero-order chi connectivity index (χ0) is 22.5. The molecular weight excluding hydrogens is 447 g/mol. The molecule has 9 nitrogen and oxygen atoms in total. The number of hydrogen-bond acceptors (Lipinski definition) is 7. The molecular formula is C16H16F3N5O4S2. The SMILES string of the molecule is CCS(=O)(=O)c1cc(NS(C)(=O)=O)cnc1-c1nc2cc(C(F)(F)F)cnc2n1C. The van der Waals surface area contributed by atoms with Gasteiger partial charge in [0.05, 0.1) is 34.4 Å². The van der Waals surface area contributed by atoms with E-state index >= 15 is 0 Å². The molecule has 3 aromatic rings. The van der Waals surface area contributed by atoms with Crippen LogP contribution in [-0.4, -0.2) is 48.4 Å². The molecule has 0 fully saturated rings. The molecule has 0 amide bonds. The normalized spacial score (nSPS) is 13.0. The van der Waals surface area contributed by atoms with Crippen molar-refractivity contribution in [2.24, 2.45) is 7.05 Å². The minimum absolute atomic E-state index is 0.0326. The third kappa shape index (κ3) is 4.23. The van der Waals surface area contributed by atoms with Gasteiger partial charge in [-0.3, -0.25) is 4.72 Å². The number of imidazole rings is 1. The van der Waals surface area contributed by atoms with E-state index < -0.39 is 31.6 Å². The van der Waals surface area contributed by atoms with E-state index in [2.05, 4.69) is 19.7 Å². The van der Waals surface area contributed by atoms with E-state index in [1.54, 1.807) is 0 Å². The lowest BCUT2D eigenvalue weighted by Crippen LogP contribution is -2.13. The Hall–Kier alpha value is -2.74. The van der Waals surface area contributed by atoms with Gasteiger partial charge in [-0.2, -0.15) is 13.2 Å². The topological polar surface area (TPSA) is 124 Å². The van der Waals surface area contributed by atoms with Gasteiger partial charge in [0.25, 0.3) is 0 Å². The predicted molar refractivity (Wildman–Crippen MR) is 103 cm³/mol. The summed E-state index contributed by atoms with van der Waals surface area (Å²) in [5.74, 6) is -0.348. The number of alkyl halides is 3. The number of anilines is 1. The van der Waals surface area contributed by atoms with Gasteiger partial charge in [-0.25, -0.2) is 31.8 Å². The van der Waals surface area contributed by atoms with Crippen LogP contribution in [0.1, 0.15) is 12.5 Å². The van der Waals surface area contributed by atoms with Gasteiger partial charge >= 0.3 is 6.18 Å². The van der Waals surface area contributed by atoms with Crippen LogP contribution in [0.25, 0.3) is 22.7 Å². The first-order chi connectivity index (χ1) is 13.7. The number of aryl methyl sites for hydroxylation is 1. The molecule has 0 atom stereocenters. The van der Waals surface area contributed by atoms with Crippen LogP contribution in [-0.2, 0) is 33.1 Å². The van der Waals surface area contributed by atoms with Crippen molar-refractivity contribution in [3.63, 3.8) is 0 Å². The highest BCUT2D eigenvalue weighted by Gasteiger charge is 2.32. The quantitative estimate of drug-likeness (QED) is 0.615. The van der Waals surface area contributed by atoms with E-state index in [4.69, 9.17) is 0 Å². The molecule has 0 saturated carbocycles. The van der Waals surface area contributed by atoms with E-state index in [9.17, 15) is 30.0 Å². The molecule has 0 radical (unpaired) electrons. The fourth-order valence-corrected chi connectivity index (χ4v) is 4.31. The summed E-state index contributed by atoms with van der Waals surface area (Å²) in [6.45, 7) is 1.39. The van der Waals surface area contributed by atoms with Crippen LogP contribution in [0, 0.1) is 0 Å². The fourth-order valence-electron chi connectivity index (χ4n) is 2.72. The Balaban J connectivity index is 2.26. The van der Waals surface area contributed by atoms with Crippen molar-refractivity contribution in [2.45, 2.75) is 18.0 Å². The number of sulfone groups is 1. The Morgan fingerprint density at radius 1 is 1.10 bits per heavy atom. The summed E-state index contributed by atoms with van der Waals surface area (Å²) in [7, 11) is -6.13. The smallest absolute Gasteiger partial charge is 0.310 e. The molecule has 0 aliphatic heterocycles. The molecule has 3 rings (SSSR count). The number of rotatable bonds is 5. The van der Waals surface area contributed by atoms with Crippen LogP contribution < -0.4 is 4.72 Å². The van der Waals surface area contributed by atoms with Gasteiger partial charge in [0.15, 0.2) is 21.3 Å². The number of pyridine rings is 2. The highest BCUT2D eigenvalue weighted by molar-refractivity contribution is 7.92. The number of fused-ring (bicyclic) bond motifs is 1. The lowest BCUT2D eigenvalue weighted by Gasteiger charge is -2.11. The standard InChI is InChI=1S/C16H16F3N5O4S2/c1-4-30(27,28)12-6-10(23-29(3,25)26)8-20-13(12)15-22-11-5-9(16(17,18)19)7-21-14(11)24(15)2/h5-8,23H,4H2,1-3H3. The Bertz CT molecular complexity index is 1350. The first kappa shape index (κ1) is 22.0. The van der Waals surface area contributed by atoms with Crippen molar-refractivity contribution in [1.29, 1.82) is 0 Å². The van der Waals surface area contributed by atoms with Crippen LogP contribution in [0.5, 0.6) is 0 Å². The summed E-state index contributed by atoms with van der Waals surface area (Å²) in [6, 6.07) is 1.90. The molecule has 1 N–H and O–H groups in total. The zero-order valence-electron chi connectivity index (χ0n) is 15.9. The van der Waals surface area contributed by atoms with Crippen LogP contribution in [0.3, 0.4) is 0 Å². The van der Waals surface area contributed by atoms with Crippen LogP contribution >= 0.6 is 0 Å². The Labute approximate surface area is 170 Å². The number of nitrogens with one attached hydrogen (secondary N) is 1. The minimum atomic E-state index is -4.62. The molecule has 0 unspecified atom stereocenters. The minimum Gasteiger partial charge on any atom is -0.310 e. The van der Waals surface area contributed by atoms with Gasteiger partial charge < -0.3 is 4.57 Å². The van der Waals surface area contributed by atoms with Crippen molar-refractivity contribution in [3.05, 3.63) is 30.1 Å². The van der Waals surface area contributed by atoms with E-state index in [1.807, 2.05) is 0 Å². The van der Waals surface area contributed by atoms with E-state index in [1.165, 1.54) is 18.5 Å². The lowest BCUT2D eigenvalue weighted by molar-refractivity contribution is -0.137. The summed E-state index contributed by atoms with van der Waals surface area (Å²) >= 11 is 0. The highest BCUT2D eigenvalue weighted by Crippen LogP contribution is 2.33. The molecule has 0 spiro atoms. The molecule has 0 aliphatic carbocycles. The van der Waals surface area contributed by atoms with Crippen LogP contribution in [0.4, 0.5) is 18.9 Å². The molecule has 14 heteroatoms. The Morgan fingerprint density at radius 2 is 1.77 bits per heavy atom. The van der Waals surface area contributed by atoms with E-state index in [-0.39, 0.29) is 39.0 Å². The van der Waals surface area contributed by atoms with Gasteiger partial charge in [-0.1, -0.05) is 6.92 Å². The second-order valence-electron chi connectivity index (χ2n) is 6.41. The Morgan fingerprint density at radius 3 is 2.33 bits per heavy atom. The third-order valence-electron chi connectivity index (χ3n) is 4.12. The molecule has 30 heavy (non-hydrogen) atoms. The van der Waals surface area contributed by atoms with Gasteiger partial charge in [0.2, 0.25) is 10.0 Å². The highest BCUT2D eigenvalue weighted by atomic mass is 32.2. The first-order valence-electron chi connectivity index (χ1n) is 8.33. The van der Waals surface area contributed by atoms with E-state index in [0.717, 1.165) is 24.6 Å². The number of sulfonamides is 1. The molecule has 0 aromatic carbocycles. The summed E-state index contributed by atoms with van der Waals surface area (Å²) in [5.41, 5.74) is -1.21.